The van der Waals surface area contributed by atoms with Gasteiger partial charge in [0.05, 0.1) is 13.0 Å². The van der Waals surface area contributed by atoms with Crippen molar-refractivity contribution in [3.8, 4) is 0 Å². The van der Waals surface area contributed by atoms with E-state index in [2.05, 4.69) is 13.8 Å². The van der Waals surface area contributed by atoms with E-state index in [1.165, 1.54) is 7.11 Å². The molecule has 3 nitrogen and oxygen atoms in total. The molecule has 0 bridgehead atoms. The summed E-state index contributed by atoms with van der Waals surface area (Å²) in [6.45, 7) is 4.27. The SMILES string of the molecule is COC(=O)[C@@H]1CC[C@@H]2C(=O)CC[C@@H](C)[C@@]21C. The van der Waals surface area contributed by atoms with Crippen molar-refractivity contribution in [2.75, 3.05) is 7.11 Å². The molecule has 0 N–H and O–H groups in total. The van der Waals surface area contributed by atoms with Crippen molar-refractivity contribution in [1.29, 1.82) is 0 Å². The Balaban J connectivity index is 2.33. The standard InChI is InChI=1S/C13H20O3/c1-8-4-7-11(14)9-5-6-10(12(15)16-3)13(8,9)2/h8-10H,4-7H2,1-3H3/t8-,9-,10+,13+/m1/s1. The zero-order valence-corrected chi connectivity index (χ0v) is 10.3. The Morgan fingerprint density at radius 3 is 2.69 bits per heavy atom. The second kappa shape index (κ2) is 3.86. The van der Waals surface area contributed by atoms with Crippen LogP contribution < -0.4 is 0 Å². The second-order valence-electron chi connectivity index (χ2n) is 5.48. The molecular weight excluding hydrogens is 204 g/mol. The summed E-state index contributed by atoms with van der Waals surface area (Å²) >= 11 is 0. The van der Waals surface area contributed by atoms with E-state index in [9.17, 15) is 9.59 Å². The zero-order valence-electron chi connectivity index (χ0n) is 10.3. The minimum absolute atomic E-state index is 0.0817. The van der Waals surface area contributed by atoms with E-state index in [0.717, 1.165) is 19.3 Å². The van der Waals surface area contributed by atoms with Crippen molar-refractivity contribution in [3.05, 3.63) is 0 Å². The van der Waals surface area contributed by atoms with Gasteiger partial charge < -0.3 is 4.74 Å². The van der Waals surface area contributed by atoms with E-state index < -0.39 is 0 Å². The Morgan fingerprint density at radius 2 is 2.06 bits per heavy atom. The molecule has 2 saturated carbocycles. The number of rotatable bonds is 1. The van der Waals surface area contributed by atoms with Crippen LogP contribution in [0.4, 0.5) is 0 Å². The van der Waals surface area contributed by atoms with Gasteiger partial charge in [-0.25, -0.2) is 0 Å². The Morgan fingerprint density at radius 1 is 1.38 bits per heavy atom. The van der Waals surface area contributed by atoms with Gasteiger partial charge in [0.2, 0.25) is 0 Å². The zero-order chi connectivity index (χ0) is 11.9. The van der Waals surface area contributed by atoms with Gasteiger partial charge in [-0.1, -0.05) is 13.8 Å². The van der Waals surface area contributed by atoms with Gasteiger partial charge in [0.1, 0.15) is 5.78 Å². The molecule has 4 atom stereocenters. The van der Waals surface area contributed by atoms with Gasteiger partial charge in [0, 0.05) is 12.3 Å². The lowest BCUT2D eigenvalue weighted by atomic mass is 9.59. The number of ether oxygens (including phenoxy) is 1. The molecule has 0 unspecified atom stereocenters. The van der Waals surface area contributed by atoms with Crippen molar-refractivity contribution >= 4 is 11.8 Å². The second-order valence-corrected chi connectivity index (χ2v) is 5.48. The average Bonchev–Trinajstić information content (AvgIpc) is 2.63. The van der Waals surface area contributed by atoms with Crippen molar-refractivity contribution in [1.82, 2.24) is 0 Å². The highest BCUT2D eigenvalue weighted by Crippen LogP contribution is 2.57. The highest BCUT2D eigenvalue weighted by molar-refractivity contribution is 5.85. The van der Waals surface area contributed by atoms with Gasteiger partial charge in [-0.2, -0.15) is 0 Å². The van der Waals surface area contributed by atoms with E-state index >= 15 is 0 Å². The number of fused-ring (bicyclic) bond motifs is 1. The van der Waals surface area contributed by atoms with E-state index in [1.54, 1.807) is 0 Å². The number of carbonyl (C=O) groups is 2. The van der Waals surface area contributed by atoms with Gasteiger partial charge in [-0.15, -0.1) is 0 Å². The first kappa shape index (κ1) is 11.6. The topological polar surface area (TPSA) is 43.4 Å². The third-order valence-electron chi connectivity index (χ3n) is 5.01. The minimum Gasteiger partial charge on any atom is -0.469 e. The summed E-state index contributed by atoms with van der Waals surface area (Å²) in [6.07, 6.45) is 3.28. The molecule has 0 aromatic carbocycles. The molecule has 0 heterocycles. The summed E-state index contributed by atoms with van der Waals surface area (Å²) in [5, 5.41) is 0. The lowest BCUT2D eigenvalue weighted by Gasteiger charge is -2.43. The number of hydrogen-bond donors (Lipinski definition) is 0. The van der Waals surface area contributed by atoms with Crippen LogP contribution in [-0.2, 0) is 14.3 Å². The smallest absolute Gasteiger partial charge is 0.309 e. The predicted molar refractivity (Wildman–Crippen MR) is 59.7 cm³/mol. The van der Waals surface area contributed by atoms with Crippen molar-refractivity contribution in [2.45, 2.75) is 39.5 Å². The highest BCUT2D eigenvalue weighted by atomic mass is 16.5. The molecule has 3 heteroatoms. The Bertz CT molecular complexity index is 323. The maximum atomic E-state index is 11.9. The van der Waals surface area contributed by atoms with Gasteiger partial charge in [0.25, 0.3) is 0 Å². The van der Waals surface area contributed by atoms with Crippen LogP contribution in [0.25, 0.3) is 0 Å². The summed E-state index contributed by atoms with van der Waals surface area (Å²) in [5.41, 5.74) is -0.164. The lowest BCUT2D eigenvalue weighted by Crippen LogP contribution is -2.45. The van der Waals surface area contributed by atoms with Gasteiger partial charge >= 0.3 is 5.97 Å². The van der Waals surface area contributed by atoms with Gasteiger partial charge in [-0.3, -0.25) is 9.59 Å². The molecule has 0 spiro atoms. The maximum absolute atomic E-state index is 11.9. The quantitative estimate of drug-likeness (QED) is 0.641. The molecule has 90 valence electrons. The van der Waals surface area contributed by atoms with Gasteiger partial charge in [-0.05, 0) is 30.6 Å². The first-order valence-electron chi connectivity index (χ1n) is 6.12. The third kappa shape index (κ3) is 1.40. The van der Waals surface area contributed by atoms with E-state index in [-0.39, 0.29) is 23.2 Å². The Hall–Kier alpha value is -0.860. The summed E-state index contributed by atoms with van der Waals surface area (Å²) in [7, 11) is 1.44. The van der Waals surface area contributed by atoms with Crippen molar-refractivity contribution in [2.24, 2.45) is 23.2 Å². The molecule has 0 amide bonds. The van der Waals surface area contributed by atoms with Crippen molar-refractivity contribution in [3.63, 3.8) is 0 Å². The number of carbonyl (C=O) groups excluding carboxylic acids is 2. The van der Waals surface area contributed by atoms with Crippen LogP contribution in [0.15, 0.2) is 0 Å². The number of methoxy groups -OCH3 is 1. The fourth-order valence-electron chi connectivity index (χ4n) is 3.75. The molecule has 0 aliphatic heterocycles. The first-order chi connectivity index (χ1) is 7.51. The molecule has 16 heavy (non-hydrogen) atoms. The first-order valence-corrected chi connectivity index (χ1v) is 6.12. The predicted octanol–water partition coefficient (Wildman–Crippen LogP) is 2.19. The molecule has 2 rings (SSSR count). The number of esters is 1. The normalized spacial score (nSPS) is 42.9. The van der Waals surface area contributed by atoms with Crippen LogP contribution >= 0.6 is 0 Å². The summed E-state index contributed by atoms with van der Waals surface area (Å²) < 4.78 is 4.88. The molecule has 0 aromatic rings. The molecule has 2 aliphatic rings. The largest absolute Gasteiger partial charge is 0.469 e. The molecular formula is C13H20O3. The van der Waals surface area contributed by atoms with Crippen LogP contribution in [0.2, 0.25) is 0 Å². The maximum Gasteiger partial charge on any atom is 0.309 e. The van der Waals surface area contributed by atoms with E-state index in [1.807, 2.05) is 0 Å². The monoisotopic (exact) mass is 224 g/mol. The average molecular weight is 224 g/mol. The third-order valence-corrected chi connectivity index (χ3v) is 5.01. The molecule has 2 aliphatic carbocycles. The summed E-state index contributed by atoms with van der Waals surface area (Å²) in [4.78, 5) is 23.7. The van der Waals surface area contributed by atoms with Crippen LogP contribution in [0.1, 0.15) is 39.5 Å². The lowest BCUT2D eigenvalue weighted by molar-refractivity contribution is -0.153. The summed E-state index contributed by atoms with van der Waals surface area (Å²) in [6, 6.07) is 0. The Labute approximate surface area is 96.5 Å². The van der Waals surface area contributed by atoms with Crippen LogP contribution in [0, 0.1) is 23.2 Å². The highest BCUT2D eigenvalue weighted by Gasteiger charge is 2.57. The van der Waals surface area contributed by atoms with Crippen LogP contribution in [-0.4, -0.2) is 18.9 Å². The fraction of sp³-hybridized carbons (Fsp3) is 0.846. The fourth-order valence-corrected chi connectivity index (χ4v) is 3.75. The summed E-state index contributed by atoms with van der Waals surface area (Å²) in [5.74, 6) is 0.655. The molecule has 0 saturated heterocycles. The van der Waals surface area contributed by atoms with Gasteiger partial charge in [0.15, 0.2) is 0 Å². The number of Topliss-reactive ketones (excluding diaryl/α,β-unsaturated/α-hetero) is 1. The minimum atomic E-state index is -0.164. The van der Waals surface area contributed by atoms with Crippen LogP contribution in [0.5, 0.6) is 0 Å². The molecule has 0 aromatic heterocycles. The number of hydrogen-bond acceptors (Lipinski definition) is 3. The van der Waals surface area contributed by atoms with E-state index in [4.69, 9.17) is 4.74 Å². The van der Waals surface area contributed by atoms with E-state index in [0.29, 0.717) is 18.1 Å². The molecule has 2 fully saturated rings. The Kier molecular flexibility index (Phi) is 2.81. The van der Waals surface area contributed by atoms with Crippen molar-refractivity contribution < 1.29 is 14.3 Å². The number of ketones is 1. The molecule has 0 radical (unpaired) electrons. The van der Waals surface area contributed by atoms with Crippen LogP contribution in [0.3, 0.4) is 0 Å².